The lowest BCUT2D eigenvalue weighted by molar-refractivity contribution is -0.133. The predicted molar refractivity (Wildman–Crippen MR) is 80.6 cm³/mol. The van der Waals surface area contributed by atoms with Gasteiger partial charge in [0.1, 0.15) is 5.82 Å². The summed E-state index contributed by atoms with van der Waals surface area (Å²) in [5, 5.41) is 18.2. The van der Waals surface area contributed by atoms with Crippen molar-refractivity contribution in [3.63, 3.8) is 0 Å². The summed E-state index contributed by atoms with van der Waals surface area (Å²) in [6, 6.07) is 0.449. The van der Waals surface area contributed by atoms with E-state index >= 15 is 0 Å². The Morgan fingerprint density at radius 1 is 1.38 bits per heavy atom. The zero-order valence-corrected chi connectivity index (χ0v) is 13.2. The average Bonchev–Trinajstić information content (AvgIpc) is 3.01. The van der Waals surface area contributed by atoms with E-state index in [1.807, 2.05) is 0 Å². The van der Waals surface area contributed by atoms with E-state index in [1.54, 1.807) is 0 Å². The molecule has 116 valence electrons. The summed E-state index contributed by atoms with van der Waals surface area (Å²) in [6.07, 6.45) is 4.92. The fraction of sp³-hybridized carbons (Fsp3) is 0.786. The van der Waals surface area contributed by atoms with Gasteiger partial charge in [0.25, 0.3) is 0 Å². The highest BCUT2D eigenvalue weighted by Crippen LogP contribution is 2.40. The van der Waals surface area contributed by atoms with Crippen LogP contribution in [0.5, 0.6) is 0 Å². The van der Waals surface area contributed by atoms with E-state index < -0.39 is 5.97 Å². The molecule has 1 aliphatic carbocycles. The molecule has 21 heavy (non-hydrogen) atoms. The minimum Gasteiger partial charge on any atom is -0.481 e. The monoisotopic (exact) mass is 310 g/mol. The van der Waals surface area contributed by atoms with Crippen molar-refractivity contribution in [2.45, 2.75) is 56.3 Å². The predicted octanol–water partition coefficient (Wildman–Crippen LogP) is 1.82. The average molecular weight is 310 g/mol. The van der Waals surface area contributed by atoms with Crippen LogP contribution in [-0.4, -0.2) is 55.6 Å². The first kappa shape index (κ1) is 14.8. The summed E-state index contributed by atoms with van der Waals surface area (Å²) in [5.41, 5.74) is 0. The first-order valence-corrected chi connectivity index (χ1v) is 8.65. The van der Waals surface area contributed by atoms with Crippen LogP contribution in [0.2, 0.25) is 0 Å². The molecule has 2 fully saturated rings. The second-order valence-electron chi connectivity index (χ2n) is 6.00. The van der Waals surface area contributed by atoms with Crippen LogP contribution in [0.3, 0.4) is 0 Å². The van der Waals surface area contributed by atoms with Crippen molar-refractivity contribution >= 4 is 17.7 Å². The van der Waals surface area contributed by atoms with E-state index in [0.717, 1.165) is 17.5 Å². The van der Waals surface area contributed by atoms with Gasteiger partial charge in [0, 0.05) is 18.5 Å². The topological polar surface area (TPSA) is 71.2 Å². The number of aliphatic carboxylic acids is 1. The summed E-state index contributed by atoms with van der Waals surface area (Å²) < 4.78 is 2.16. The van der Waals surface area contributed by atoms with E-state index in [4.69, 9.17) is 5.11 Å². The fourth-order valence-corrected chi connectivity index (χ4v) is 3.59. The Labute approximate surface area is 128 Å². The fourth-order valence-electron chi connectivity index (χ4n) is 2.91. The van der Waals surface area contributed by atoms with Crippen molar-refractivity contribution in [3.8, 4) is 0 Å². The lowest BCUT2D eigenvalue weighted by atomic mass is 10.3. The van der Waals surface area contributed by atoms with Gasteiger partial charge in [-0.2, -0.15) is 0 Å². The lowest BCUT2D eigenvalue weighted by Crippen LogP contribution is -2.34. The SMILES string of the molecule is CC(Cn1c(SCC(=O)O)nnc1C1CC1)N1CCCC1. The highest BCUT2D eigenvalue weighted by atomic mass is 32.2. The van der Waals surface area contributed by atoms with Gasteiger partial charge in [0.15, 0.2) is 5.16 Å². The molecule has 2 heterocycles. The van der Waals surface area contributed by atoms with Gasteiger partial charge in [-0.1, -0.05) is 11.8 Å². The van der Waals surface area contributed by atoms with Gasteiger partial charge in [0.05, 0.1) is 5.75 Å². The number of carbonyl (C=O) groups is 1. The maximum atomic E-state index is 10.8. The van der Waals surface area contributed by atoms with Crippen LogP contribution >= 0.6 is 11.8 Å². The molecule has 6 nitrogen and oxygen atoms in total. The molecule has 1 aromatic rings. The maximum Gasteiger partial charge on any atom is 0.313 e. The minimum absolute atomic E-state index is 0.0426. The van der Waals surface area contributed by atoms with Gasteiger partial charge in [-0.05, 0) is 45.7 Å². The number of rotatable bonds is 7. The van der Waals surface area contributed by atoms with Crippen molar-refractivity contribution in [1.82, 2.24) is 19.7 Å². The normalized spacial score (nSPS) is 20.8. The Hall–Kier alpha value is -1.08. The molecule has 1 saturated heterocycles. The highest BCUT2D eigenvalue weighted by Gasteiger charge is 2.31. The standard InChI is InChI=1S/C14H22N4O2S/c1-10(17-6-2-3-7-17)8-18-13(11-4-5-11)15-16-14(18)21-9-12(19)20/h10-11H,2-9H2,1H3,(H,19,20). The van der Waals surface area contributed by atoms with Crippen LogP contribution in [-0.2, 0) is 11.3 Å². The second kappa shape index (κ2) is 6.36. The number of likely N-dealkylation sites (tertiary alicyclic amines) is 1. The molecule has 1 saturated carbocycles. The van der Waals surface area contributed by atoms with E-state index in [2.05, 4.69) is 26.6 Å². The summed E-state index contributed by atoms with van der Waals surface area (Å²) in [4.78, 5) is 13.3. The molecule has 1 aromatic heterocycles. The third kappa shape index (κ3) is 3.58. The van der Waals surface area contributed by atoms with Gasteiger partial charge < -0.3 is 9.67 Å². The van der Waals surface area contributed by atoms with Crippen molar-refractivity contribution in [2.24, 2.45) is 0 Å². The molecule has 1 N–H and O–H groups in total. The van der Waals surface area contributed by atoms with Crippen LogP contribution in [0.4, 0.5) is 0 Å². The molecule has 7 heteroatoms. The molecule has 3 rings (SSSR count). The maximum absolute atomic E-state index is 10.8. The molecule has 2 aliphatic rings. The van der Waals surface area contributed by atoms with Crippen LogP contribution in [0.15, 0.2) is 5.16 Å². The Balaban J connectivity index is 1.73. The Morgan fingerprint density at radius 2 is 2.10 bits per heavy atom. The molecule has 1 aliphatic heterocycles. The van der Waals surface area contributed by atoms with Gasteiger partial charge >= 0.3 is 5.97 Å². The first-order valence-electron chi connectivity index (χ1n) is 7.67. The van der Waals surface area contributed by atoms with Crippen LogP contribution in [0.1, 0.15) is 44.3 Å². The number of hydrogen-bond acceptors (Lipinski definition) is 5. The largest absolute Gasteiger partial charge is 0.481 e. The van der Waals surface area contributed by atoms with Crippen LogP contribution < -0.4 is 0 Å². The number of carboxylic acids is 1. The third-order valence-corrected chi connectivity index (χ3v) is 5.18. The van der Waals surface area contributed by atoms with E-state index in [9.17, 15) is 4.79 Å². The Kier molecular flexibility index (Phi) is 4.49. The number of thioether (sulfide) groups is 1. The molecule has 0 bridgehead atoms. The van der Waals surface area contributed by atoms with Crippen molar-refractivity contribution in [2.75, 3.05) is 18.8 Å². The van der Waals surface area contributed by atoms with Crippen molar-refractivity contribution in [3.05, 3.63) is 5.82 Å². The summed E-state index contributed by atoms with van der Waals surface area (Å²) in [5.74, 6) is 0.812. The molecule has 0 aromatic carbocycles. The summed E-state index contributed by atoms with van der Waals surface area (Å²) in [7, 11) is 0. The molecule has 1 unspecified atom stereocenters. The van der Waals surface area contributed by atoms with Gasteiger partial charge in [-0.3, -0.25) is 9.69 Å². The highest BCUT2D eigenvalue weighted by molar-refractivity contribution is 7.99. The van der Waals surface area contributed by atoms with Gasteiger partial charge in [-0.15, -0.1) is 10.2 Å². The van der Waals surface area contributed by atoms with E-state index in [-0.39, 0.29) is 5.75 Å². The molecule has 1 atom stereocenters. The third-order valence-electron chi connectivity index (χ3n) is 4.22. The van der Waals surface area contributed by atoms with Crippen LogP contribution in [0.25, 0.3) is 0 Å². The number of aromatic nitrogens is 3. The van der Waals surface area contributed by atoms with Crippen LogP contribution in [0, 0.1) is 0 Å². The Bertz CT molecular complexity index is 509. The van der Waals surface area contributed by atoms with Gasteiger partial charge in [0.2, 0.25) is 0 Å². The molecule has 0 spiro atoms. The molecular formula is C14H22N4O2S. The zero-order chi connectivity index (χ0) is 14.8. The number of hydrogen-bond donors (Lipinski definition) is 1. The van der Waals surface area contributed by atoms with E-state index in [1.165, 1.54) is 50.5 Å². The number of nitrogens with zero attached hydrogens (tertiary/aromatic N) is 4. The first-order chi connectivity index (χ1) is 10.1. The summed E-state index contributed by atoms with van der Waals surface area (Å²) in [6.45, 7) is 5.44. The van der Waals surface area contributed by atoms with Crippen molar-refractivity contribution in [1.29, 1.82) is 0 Å². The molecule has 0 amide bonds. The van der Waals surface area contributed by atoms with E-state index in [0.29, 0.717) is 12.0 Å². The Morgan fingerprint density at radius 3 is 2.71 bits per heavy atom. The number of carboxylic acid groups (broad SMARTS) is 1. The zero-order valence-electron chi connectivity index (χ0n) is 12.4. The smallest absolute Gasteiger partial charge is 0.313 e. The van der Waals surface area contributed by atoms with Gasteiger partial charge in [-0.25, -0.2) is 0 Å². The minimum atomic E-state index is -0.810. The van der Waals surface area contributed by atoms with Crippen molar-refractivity contribution < 1.29 is 9.90 Å². The molecular weight excluding hydrogens is 288 g/mol. The summed E-state index contributed by atoms with van der Waals surface area (Å²) >= 11 is 1.28. The molecule has 0 radical (unpaired) electrons. The lowest BCUT2D eigenvalue weighted by Gasteiger charge is -2.25. The second-order valence-corrected chi connectivity index (χ2v) is 6.94. The quantitative estimate of drug-likeness (QED) is 0.775.